The third kappa shape index (κ3) is 4.60. The van der Waals surface area contributed by atoms with Crippen LogP contribution in [0.25, 0.3) is 93.5 Å². The Bertz CT molecular complexity index is 3370. The topological polar surface area (TPSA) is 33.9 Å². The monoisotopic (exact) mass is 716 g/mol. The normalized spacial score (nSPS) is 11.9. The summed E-state index contributed by atoms with van der Waals surface area (Å²) in [4.78, 5) is 2.29. The minimum absolute atomic E-state index is 0.849. The van der Waals surface area contributed by atoms with Gasteiger partial charge in [-0.25, -0.2) is 0 Å². The summed E-state index contributed by atoms with van der Waals surface area (Å²) in [5.41, 5.74) is 14.8. The molecule has 0 radical (unpaired) electrons. The molecule has 0 saturated carbocycles. The second-order valence-electron chi connectivity index (χ2n) is 14.5. The predicted molar refractivity (Wildman–Crippen MR) is 233 cm³/mol. The van der Waals surface area contributed by atoms with Crippen LogP contribution >= 0.6 is 0 Å². The molecule has 4 heterocycles. The van der Waals surface area contributed by atoms with Gasteiger partial charge in [-0.2, -0.15) is 0 Å². The molecule has 0 spiro atoms. The second-order valence-corrected chi connectivity index (χ2v) is 14.5. The lowest BCUT2D eigenvalue weighted by Crippen LogP contribution is -2.09. The van der Waals surface area contributed by atoms with Crippen molar-refractivity contribution in [3.63, 3.8) is 0 Å². The van der Waals surface area contributed by atoms with Crippen LogP contribution in [-0.4, -0.2) is 4.40 Å². The van der Waals surface area contributed by atoms with Gasteiger partial charge in [0.05, 0.1) is 16.6 Å². The van der Waals surface area contributed by atoms with Crippen LogP contribution in [0.1, 0.15) is 0 Å². The number of benzene rings is 8. The van der Waals surface area contributed by atoms with Gasteiger partial charge in [0.2, 0.25) is 0 Å². The van der Waals surface area contributed by atoms with E-state index in [2.05, 4.69) is 179 Å². The highest BCUT2D eigenvalue weighted by molar-refractivity contribution is 6.14. The van der Waals surface area contributed by atoms with Crippen LogP contribution in [0.15, 0.2) is 203 Å². The number of aromatic nitrogens is 1. The molecule has 0 N–H and O–H groups in total. The van der Waals surface area contributed by atoms with Crippen LogP contribution in [0.5, 0.6) is 0 Å². The van der Waals surface area contributed by atoms with Gasteiger partial charge < -0.3 is 18.1 Å². The fourth-order valence-electron chi connectivity index (χ4n) is 8.84. The molecule has 0 bridgehead atoms. The van der Waals surface area contributed by atoms with Crippen LogP contribution in [0, 0.1) is 0 Å². The number of para-hydroxylation sites is 4. The van der Waals surface area contributed by atoms with E-state index in [1.807, 2.05) is 24.3 Å². The van der Waals surface area contributed by atoms with Crippen molar-refractivity contribution in [2.45, 2.75) is 0 Å². The summed E-state index contributed by atoms with van der Waals surface area (Å²) in [6.07, 6.45) is 0. The summed E-state index contributed by atoms with van der Waals surface area (Å²) in [6.45, 7) is 0. The highest BCUT2D eigenvalue weighted by Gasteiger charge is 2.21. The maximum atomic E-state index is 6.40. The summed E-state index contributed by atoms with van der Waals surface area (Å²) >= 11 is 0. The van der Waals surface area contributed by atoms with Gasteiger partial charge in [-0.05, 0) is 83.2 Å². The lowest BCUT2D eigenvalue weighted by Gasteiger charge is -2.25. The van der Waals surface area contributed by atoms with E-state index in [1.165, 1.54) is 44.0 Å². The molecular formula is C52H32N2O2. The molecule has 0 atom stereocenters. The number of furan rings is 2. The largest absolute Gasteiger partial charge is 0.456 e. The van der Waals surface area contributed by atoms with Crippen LogP contribution in [-0.2, 0) is 0 Å². The van der Waals surface area contributed by atoms with Crippen molar-refractivity contribution in [3.8, 4) is 22.3 Å². The fourth-order valence-corrected chi connectivity index (χ4v) is 8.84. The van der Waals surface area contributed by atoms with Gasteiger partial charge in [-0.15, -0.1) is 0 Å². The summed E-state index contributed by atoms with van der Waals surface area (Å²) in [5.74, 6) is 0. The quantitative estimate of drug-likeness (QED) is 0.178. The number of hydrogen-bond donors (Lipinski definition) is 0. The van der Waals surface area contributed by atoms with Gasteiger partial charge in [-0.3, -0.25) is 0 Å². The van der Waals surface area contributed by atoms with Crippen molar-refractivity contribution >= 4 is 88.3 Å². The maximum Gasteiger partial charge on any atom is 0.137 e. The standard InChI is InChI=1S/C52H32N2O2/c1-2-12-34(13-3-1)51-43-17-5-9-19-46(43)54-45-18-8-4-14-35(45)30-44(52(51)54)33-22-24-36(25-23-33)53(37-26-28-41-39-15-6-10-20-47(39)55-49(41)31-37)38-27-29-42-40-16-7-11-21-48(40)56-50(42)32-38/h1-32H. The summed E-state index contributed by atoms with van der Waals surface area (Å²) in [5, 5.41) is 6.86. The molecule has 0 aliphatic heterocycles. The average molecular weight is 717 g/mol. The number of hydrogen-bond acceptors (Lipinski definition) is 3. The van der Waals surface area contributed by atoms with Crippen LogP contribution < -0.4 is 4.90 Å². The number of fused-ring (bicyclic) bond motifs is 11. The molecular weight excluding hydrogens is 685 g/mol. The first-order chi connectivity index (χ1) is 27.8. The number of nitrogens with zero attached hydrogens (tertiary/aromatic N) is 2. The Labute approximate surface area is 321 Å². The zero-order valence-electron chi connectivity index (χ0n) is 30.2. The molecule has 12 rings (SSSR count). The van der Waals surface area contributed by atoms with E-state index in [1.54, 1.807) is 0 Å². The summed E-state index contributed by atoms with van der Waals surface area (Å²) in [6, 6.07) is 69.1. The molecule has 56 heavy (non-hydrogen) atoms. The van der Waals surface area contributed by atoms with Gasteiger partial charge in [0, 0.05) is 67.3 Å². The molecule has 0 fully saturated rings. The molecule has 0 amide bonds. The summed E-state index contributed by atoms with van der Waals surface area (Å²) < 4.78 is 15.3. The molecule has 0 unspecified atom stereocenters. The van der Waals surface area contributed by atoms with Gasteiger partial charge in [-0.1, -0.05) is 115 Å². The average Bonchev–Trinajstić information content (AvgIpc) is 3.93. The van der Waals surface area contributed by atoms with E-state index in [4.69, 9.17) is 8.83 Å². The van der Waals surface area contributed by atoms with E-state index in [-0.39, 0.29) is 0 Å². The first kappa shape index (κ1) is 30.9. The molecule has 8 aromatic carbocycles. The summed E-state index contributed by atoms with van der Waals surface area (Å²) in [7, 11) is 0. The van der Waals surface area contributed by atoms with E-state index in [0.717, 1.165) is 66.5 Å². The Balaban J connectivity index is 1.07. The smallest absolute Gasteiger partial charge is 0.137 e. The Morgan fingerprint density at radius 3 is 1.54 bits per heavy atom. The van der Waals surface area contributed by atoms with E-state index < -0.39 is 0 Å². The molecule has 0 aliphatic carbocycles. The van der Waals surface area contributed by atoms with Crippen molar-refractivity contribution in [3.05, 3.63) is 194 Å². The highest BCUT2D eigenvalue weighted by atomic mass is 16.3. The third-order valence-electron chi connectivity index (χ3n) is 11.3. The Morgan fingerprint density at radius 1 is 0.357 bits per heavy atom. The lowest BCUT2D eigenvalue weighted by atomic mass is 9.96. The number of anilines is 3. The van der Waals surface area contributed by atoms with Crippen molar-refractivity contribution < 1.29 is 8.83 Å². The van der Waals surface area contributed by atoms with Crippen molar-refractivity contribution in [2.75, 3.05) is 4.90 Å². The molecule has 0 saturated heterocycles. The Morgan fingerprint density at radius 2 is 0.875 bits per heavy atom. The van der Waals surface area contributed by atoms with Gasteiger partial charge in [0.1, 0.15) is 22.3 Å². The van der Waals surface area contributed by atoms with E-state index >= 15 is 0 Å². The van der Waals surface area contributed by atoms with Gasteiger partial charge in [0.15, 0.2) is 0 Å². The zero-order chi connectivity index (χ0) is 36.7. The molecule has 4 aromatic heterocycles. The van der Waals surface area contributed by atoms with Gasteiger partial charge >= 0.3 is 0 Å². The third-order valence-corrected chi connectivity index (χ3v) is 11.3. The Hall–Kier alpha value is -7.56. The van der Waals surface area contributed by atoms with Gasteiger partial charge in [0.25, 0.3) is 0 Å². The Kier molecular flexibility index (Phi) is 6.60. The van der Waals surface area contributed by atoms with Crippen LogP contribution in [0.4, 0.5) is 17.1 Å². The fraction of sp³-hybridized carbons (Fsp3) is 0. The van der Waals surface area contributed by atoms with Crippen molar-refractivity contribution in [1.82, 2.24) is 4.40 Å². The minimum Gasteiger partial charge on any atom is -0.456 e. The van der Waals surface area contributed by atoms with Crippen molar-refractivity contribution in [1.29, 1.82) is 0 Å². The number of pyridine rings is 1. The van der Waals surface area contributed by atoms with E-state index in [0.29, 0.717) is 0 Å². The second kappa shape index (κ2) is 12.0. The van der Waals surface area contributed by atoms with E-state index in [9.17, 15) is 0 Å². The first-order valence-electron chi connectivity index (χ1n) is 19.0. The SMILES string of the molecule is c1ccc(-c2c3ccccc3n3c2c(-c2ccc(N(c4ccc5c(c4)oc4ccccc45)c4ccc5c(c4)oc4ccccc45)cc2)cc2ccccc23)cc1. The number of rotatable bonds is 5. The lowest BCUT2D eigenvalue weighted by molar-refractivity contribution is 0.669. The molecule has 4 heteroatoms. The zero-order valence-corrected chi connectivity index (χ0v) is 30.2. The maximum absolute atomic E-state index is 6.40. The highest BCUT2D eigenvalue weighted by Crippen LogP contribution is 2.45. The van der Waals surface area contributed by atoms with Crippen molar-refractivity contribution in [2.24, 2.45) is 0 Å². The first-order valence-corrected chi connectivity index (χ1v) is 19.0. The molecule has 0 aliphatic rings. The van der Waals surface area contributed by atoms with Crippen LogP contribution in [0.2, 0.25) is 0 Å². The van der Waals surface area contributed by atoms with Crippen LogP contribution in [0.3, 0.4) is 0 Å². The molecule has 12 aromatic rings. The predicted octanol–water partition coefficient (Wildman–Crippen LogP) is 14.8. The minimum atomic E-state index is 0.849. The molecule has 4 nitrogen and oxygen atoms in total. The molecule has 262 valence electrons.